The summed E-state index contributed by atoms with van der Waals surface area (Å²) in [7, 11) is 0. The predicted molar refractivity (Wildman–Crippen MR) is 73.1 cm³/mol. The van der Waals surface area contributed by atoms with Crippen molar-refractivity contribution in [3.63, 3.8) is 0 Å². The average Bonchev–Trinajstić information content (AvgIpc) is 3.03. The zero-order chi connectivity index (χ0) is 14.1. The van der Waals surface area contributed by atoms with Crippen molar-refractivity contribution in [1.29, 1.82) is 0 Å². The largest absolute Gasteiger partial charge is 0.339 e. The van der Waals surface area contributed by atoms with E-state index in [1.54, 1.807) is 12.1 Å². The number of nitrogens with two attached hydrogens (primary N) is 1. The number of hydrogen-bond acceptors (Lipinski definition) is 4. The van der Waals surface area contributed by atoms with Gasteiger partial charge in [0.15, 0.2) is 5.82 Å². The molecule has 20 heavy (non-hydrogen) atoms. The third kappa shape index (κ3) is 2.69. The van der Waals surface area contributed by atoms with Crippen LogP contribution in [-0.4, -0.2) is 16.2 Å². The van der Waals surface area contributed by atoms with Gasteiger partial charge in [-0.05, 0) is 31.4 Å². The summed E-state index contributed by atoms with van der Waals surface area (Å²) in [6, 6.07) is 4.80. The van der Waals surface area contributed by atoms with E-state index in [4.69, 9.17) is 21.9 Å². The Kier molecular flexibility index (Phi) is 3.72. The molecule has 2 unspecified atom stereocenters. The van der Waals surface area contributed by atoms with Crippen molar-refractivity contribution in [2.45, 2.75) is 37.6 Å². The number of halogens is 2. The lowest BCUT2D eigenvalue weighted by molar-refractivity contribution is 0.349. The standard InChI is InChI=1S/C14H15ClFN3O/c15-11-2-1-3-12(16)10(11)7-13-18-14(20-19-13)8-4-5-9(17)6-8/h1-3,8-9H,4-7,17H2. The van der Waals surface area contributed by atoms with Crippen molar-refractivity contribution >= 4 is 11.6 Å². The van der Waals surface area contributed by atoms with E-state index in [9.17, 15) is 4.39 Å². The van der Waals surface area contributed by atoms with Gasteiger partial charge >= 0.3 is 0 Å². The molecule has 106 valence electrons. The van der Waals surface area contributed by atoms with Gasteiger partial charge in [-0.15, -0.1) is 0 Å². The van der Waals surface area contributed by atoms with Gasteiger partial charge < -0.3 is 10.3 Å². The molecular formula is C14H15ClFN3O. The number of benzene rings is 1. The molecule has 0 radical (unpaired) electrons. The minimum absolute atomic E-state index is 0.205. The van der Waals surface area contributed by atoms with Crippen LogP contribution in [0.3, 0.4) is 0 Å². The highest BCUT2D eigenvalue weighted by atomic mass is 35.5. The molecule has 2 aromatic rings. The van der Waals surface area contributed by atoms with Crippen LogP contribution in [0.4, 0.5) is 4.39 Å². The van der Waals surface area contributed by atoms with Crippen molar-refractivity contribution in [2.24, 2.45) is 5.73 Å². The van der Waals surface area contributed by atoms with Crippen molar-refractivity contribution in [3.05, 3.63) is 46.3 Å². The molecule has 1 aliphatic carbocycles. The fraction of sp³-hybridized carbons (Fsp3) is 0.429. The van der Waals surface area contributed by atoms with Crippen LogP contribution < -0.4 is 5.73 Å². The van der Waals surface area contributed by atoms with Crippen LogP contribution in [0.2, 0.25) is 5.02 Å². The van der Waals surface area contributed by atoms with Gasteiger partial charge in [0.1, 0.15) is 5.82 Å². The van der Waals surface area contributed by atoms with Gasteiger partial charge in [0, 0.05) is 29.0 Å². The van der Waals surface area contributed by atoms with Gasteiger partial charge in [-0.1, -0.05) is 22.8 Å². The number of rotatable bonds is 3. The molecule has 0 amide bonds. The summed E-state index contributed by atoms with van der Waals surface area (Å²) in [5.74, 6) is 0.918. The number of aromatic nitrogens is 2. The molecule has 2 N–H and O–H groups in total. The summed E-state index contributed by atoms with van der Waals surface area (Å²) in [4.78, 5) is 4.35. The normalized spacial score (nSPS) is 22.4. The first kappa shape index (κ1) is 13.5. The summed E-state index contributed by atoms with van der Waals surface area (Å²) in [6.45, 7) is 0. The van der Waals surface area contributed by atoms with Gasteiger partial charge in [-0.3, -0.25) is 0 Å². The highest BCUT2D eigenvalue weighted by Crippen LogP contribution is 2.32. The van der Waals surface area contributed by atoms with E-state index in [2.05, 4.69) is 10.1 Å². The Morgan fingerprint density at radius 3 is 2.95 bits per heavy atom. The van der Waals surface area contributed by atoms with Crippen LogP contribution in [0.1, 0.15) is 42.5 Å². The summed E-state index contributed by atoms with van der Waals surface area (Å²) < 4.78 is 19.0. The SMILES string of the molecule is NC1CCC(c2nc(Cc3c(F)cccc3Cl)no2)C1. The van der Waals surface area contributed by atoms with Crippen molar-refractivity contribution in [2.75, 3.05) is 0 Å². The van der Waals surface area contributed by atoms with Crippen molar-refractivity contribution in [1.82, 2.24) is 10.1 Å². The maximum absolute atomic E-state index is 13.7. The molecule has 1 heterocycles. The second kappa shape index (κ2) is 5.50. The molecular weight excluding hydrogens is 281 g/mol. The fourth-order valence-corrected chi connectivity index (χ4v) is 2.83. The lowest BCUT2D eigenvalue weighted by Crippen LogP contribution is -2.14. The Hall–Kier alpha value is -1.46. The maximum atomic E-state index is 13.7. The molecule has 6 heteroatoms. The van der Waals surface area contributed by atoms with Crippen LogP contribution in [-0.2, 0) is 6.42 Å². The van der Waals surface area contributed by atoms with Gasteiger partial charge in [0.25, 0.3) is 0 Å². The molecule has 0 saturated heterocycles. The van der Waals surface area contributed by atoms with Crippen LogP contribution in [0.15, 0.2) is 22.7 Å². The molecule has 0 aliphatic heterocycles. The summed E-state index contributed by atoms with van der Waals surface area (Å²) in [6.07, 6.45) is 3.03. The summed E-state index contributed by atoms with van der Waals surface area (Å²) >= 11 is 5.99. The fourth-order valence-electron chi connectivity index (χ4n) is 2.61. The van der Waals surface area contributed by atoms with Crippen LogP contribution in [0.25, 0.3) is 0 Å². The highest BCUT2D eigenvalue weighted by molar-refractivity contribution is 6.31. The molecule has 1 aromatic carbocycles. The van der Waals surface area contributed by atoms with E-state index in [1.807, 2.05) is 0 Å². The minimum atomic E-state index is -0.355. The molecule has 1 aliphatic rings. The molecule has 1 saturated carbocycles. The van der Waals surface area contributed by atoms with Crippen LogP contribution in [0.5, 0.6) is 0 Å². The quantitative estimate of drug-likeness (QED) is 0.945. The maximum Gasteiger partial charge on any atom is 0.229 e. The highest BCUT2D eigenvalue weighted by Gasteiger charge is 2.28. The monoisotopic (exact) mass is 295 g/mol. The van der Waals surface area contributed by atoms with Crippen molar-refractivity contribution < 1.29 is 8.91 Å². The Labute approximate surface area is 121 Å². The molecule has 1 aromatic heterocycles. The van der Waals surface area contributed by atoms with E-state index < -0.39 is 0 Å². The third-order valence-corrected chi connectivity index (χ3v) is 4.06. The molecule has 4 nitrogen and oxygen atoms in total. The van der Waals surface area contributed by atoms with Gasteiger partial charge in [0.05, 0.1) is 0 Å². The second-order valence-corrected chi connectivity index (χ2v) is 5.60. The summed E-state index contributed by atoms with van der Waals surface area (Å²) in [5, 5.41) is 4.29. The lowest BCUT2D eigenvalue weighted by Gasteiger charge is -2.02. The van der Waals surface area contributed by atoms with Gasteiger partial charge in [0.2, 0.25) is 5.89 Å². The minimum Gasteiger partial charge on any atom is -0.339 e. The van der Waals surface area contributed by atoms with Gasteiger partial charge in [-0.2, -0.15) is 4.98 Å². The molecule has 2 atom stereocenters. The predicted octanol–water partition coefficient (Wildman–Crippen LogP) is 3.05. The third-order valence-electron chi connectivity index (χ3n) is 3.70. The van der Waals surface area contributed by atoms with E-state index >= 15 is 0 Å². The first-order valence-corrected chi connectivity index (χ1v) is 7.02. The van der Waals surface area contributed by atoms with Gasteiger partial charge in [-0.25, -0.2) is 4.39 Å². The topological polar surface area (TPSA) is 64.9 Å². The number of nitrogens with zero attached hydrogens (tertiary/aromatic N) is 2. The van der Waals surface area contributed by atoms with E-state index in [0.29, 0.717) is 22.3 Å². The number of hydrogen-bond donors (Lipinski definition) is 1. The first-order valence-electron chi connectivity index (χ1n) is 6.64. The smallest absolute Gasteiger partial charge is 0.229 e. The first-order chi connectivity index (χ1) is 9.63. The Morgan fingerprint density at radius 1 is 1.40 bits per heavy atom. The lowest BCUT2D eigenvalue weighted by atomic mass is 10.1. The Balaban J connectivity index is 1.77. The molecule has 1 fully saturated rings. The zero-order valence-electron chi connectivity index (χ0n) is 10.9. The van der Waals surface area contributed by atoms with Crippen LogP contribution >= 0.6 is 11.6 Å². The van der Waals surface area contributed by atoms with E-state index in [-0.39, 0.29) is 24.2 Å². The van der Waals surface area contributed by atoms with E-state index in [1.165, 1.54) is 6.07 Å². The van der Waals surface area contributed by atoms with Crippen LogP contribution in [0, 0.1) is 5.82 Å². The van der Waals surface area contributed by atoms with E-state index in [0.717, 1.165) is 19.3 Å². The molecule has 0 bridgehead atoms. The average molecular weight is 296 g/mol. The second-order valence-electron chi connectivity index (χ2n) is 5.20. The summed E-state index contributed by atoms with van der Waals surface area (Å²) in [5.41, 5.74) is 6.27. The zero-order valence-corrected chi connectivity index (χ0v) is 11.6. The Bertz CT molecular complexity index is 596. The van der Waals surface area contributed by atoms with Crippen molar-refractivity contribution in [3.8, 4) is 0 Å². The Morgan fingerprint density at radius 2 is 2.25 bits per heavy atom. The molecule has 0 spiro atoms. The molecule has 3 rings (SSSR count).